The Labute approximate surface area is 115 Å². The Kier molecular flexibility index (Phi) is 4.05. The lowest BCUT2D eigenvalue weighted by Crippen LogP contribution is -2.40. The first-order chi connectivity index (χ1) is 9.90. The molecule has 10 heteroatoms. The van der Waals surface area contributed by atoms with E-state index in [1.54, 1.807) is 5.43 Å². The molecule has 0 atom stereocenters. The van der Waals surface area contributed by atoms with Crippen molar-refractivity contribution in [2.75, 3.05) is 5.43 Å². The molecule has 0 aromatic heterocycles. The molecule has 0 saturated heterocycles. The molecule has 1 aromatic carbocycles. The van der Waals surface area contributed by atoms with Crippen LogP contribution in [0.1, 0.15) is 12.8 Å². The molecule has 1 heterocycles. The summed E-state index contributed by atoms with van der Waals surface area (Å²) < 4.78 is 52.5. The summed E-state index contributed by atoms with van der Waals surface area (Å²) in [6, 6.07) is 0.0401. The standard InChI is InChI=1S/C11H8F4N4O2/c12-4-3-5(13)9(15)10(8(4)14)18-19-11(21)6-1-2-7(20)17-16-6/h3,18H,1-2H2,(H,17,20)(H,19,21). The fourth-order valence-corrected chi connectivity index (χ4v) is 1.51. The van der Waals surface area contributed by atoms with E-state index in [0.717, 1.165) is 0 Å². The van der Waals surface area contributed by atoms with Gasteiger partial charge in [0, 0.05) is 18.9 Å². The van der Waals surface area contributed by atoms with Gasteiger partial charge in [0.25, 0.3) is 5.91 Å². The van der Waals surface area contributed by atoms with Gasteiger partial charge < -0.3 is 0 Å². The minimum atomic E-state index is -1.69. The predicted octanol–water partition coefficient (Wildman–Crippen LogP) is 0.952. The summed E-state index contributed by atoms with van der Waals surface area (Å²) in [7, 11) is 0. The molecule has 1 aliphatic rings. The lowest BCUT2D eigenvalue weighted by molar-refractivity contribution is -0.121. The highest BCUT2D eigenvalue weighted by molar-refractivity contribution is 6.39. The summed E-state index contributed by atoms with van der Waals surface area (Å²) in [5.41, 5.74) is 4.34. The van der Waals surface area contributed by atoms with Crippen LogP contribution in [0.25, 0.3) is 0 Å². The predicted molar refractivity (Wildman–Crippen MR) is 62.9 cm³/mol. The van der Waals surface area contributed by atoms with Gasteiger partial charge in [-0.15, -0.1) is 0 Å². The van der Waals surface area contributed by atoms with E-state index in [4.69, 9.17) is 0 Å². The zero-order chi connectivity index (χ0) is 15.6. The third-order valence-electron chi connectivity index (χ3n) is 2.58. The van der Waals surface area contributed by atoms with Crippen molar-refractivity contribution in [1.29, 1.82) is 0 Å². The van der Waals surface area contributed by atoms with Crippen molar-refractivity contribution in [3.05, 3.63) is 29.3 Å². The number of nitrogens with one attached hydrogen (secondary N) is 3. The van der Waals surface area contributed by atoms with E-state index in [0.29, 0.717) is 0 Å². The van der Waals surface area contributed by atoms with E-state index in [9.17, 15) is 27.2 Å². The summed E-state index contributed by atoms with van der Waals surface area (Å²) >= 11 is 0. The highest BCUT2D eigenvalue weighted by atomic mass is 19.2. The van der Waals surface area contributed by atoms with Crippen molar-refractivity contribution in [2.45, 2.75) is 12.8 Å². The number of benzene rings is 1. The Morgan fingerprint density at radius 1 is 1.14 bits per heavy atom. The quantitative estimate of drug-likeness (QED) is 0.442. The highest BCUT2D eigenvalue weighted by Crippen LogP contribution is 2.23. The third-order valence-corrected chi connectivity index (χ3v) is 2.58. The van der Waals surface area contributed by atoms with Crippen molar-refractivity contribution >= 4 is 23.2 Å². The normalized spacial score (nSPS) is 14.3. The minimum absolute atomic E-state index is 0.0157. The number of hydrazine groups is 1. The second-order valence-electron chi connectivity index (χ2n) is 4.02. The van der Waals surface area contributed by atoms with Crippen LogP contribution < -0.4 is 16.3 Å². The molecule has 0 unspecified atom stereocenters. The van der Waals surface area contributed by atoms with Gasteiger partial charge in [0.05, 0.1) is 0 Å². The van der Waals surface area contributed by atoms with E-state index in [1.807, 2.05) is 10.9 Å². The first kappa shape index (κ1) is 14.8. The van der Waals surface area contributed by atoms with Crippen LogP contribution in [-0.2, 0) is 9.59 Å². The monoisotopic (exact) mass is 304 g/mol. The maximum atomic E-state index is 13.3. The molecule has 0 saturated carbocycles. The van der Waals surface area contributed by atoms with Crippen LogP contribution >= 0.6 is 0 Å². The Hall–Kier alpha value is -2.65. The molecule has 0 fully saturated rings. The Morgan fingerprint density at radius 3 is 2.29 bits per heavy atom. The summed E-state index contributed by atoms with van der Waals surface area (Å²) in [5, 5.41) is 3.43. The second-order valence-corrected chi connectivity index (χ2v) is 4.02. The molecular weight excluding hydrogens is 296 g/mol. The number of nitrogens with zero attached hydrogens (tertiary/aromatic N) is 1. The number of amides is 2. The van der Waals surface area contributed by atoms with E-state index in [-0.39, 0.29) is 30.5 Å². The van der Waals surface area contributed by atoms with E-state index < -0.39 is 34.9 Å². The summed E-state index contributed by atoms with van der Waals surface area (Å²) in [5.74, 6) is -7.90. The van der Waals surface area contributed by atoms with Gasteiger partial charge in [-0.2, -0.15) is 5.10 Å². The Bertz CT molecular complexity index is 621. The van der Waals surface area contributed by atoms with E-state index >= 15 is 0 Å². The van der Waals surface area contributed by atoms with Crippen molar-refractivity contribution in [1.82, 2.24) is 10.9 Å². The fraction of sp³-hybridized carbons (Fsp3) is 0.182. The SMILES string of the molecule is O=C1CCC(C(=O)NNc2c(F)c(F)cc(F)c2F)=NN1. The number of hydrogen-bond acceptors (Lipinski definition) is 4. The number of halogens is 4. The molecular formula is C11H8F4N4O2. The average molecular weight is 304 g/mol. The van der Waals surface area contributed by atoms with Crippen LogP contribution in [0.3, 0.4) is 0 Å². The molecule has 2 rings (SSSR count). The Balaban J connectivity index is 2.10. The molecule has 2 amide bonds. The molecule has 0 radical (unpaired) electrons. The number of carbonyl (C=O) groups excluding carboxylic acids is 2. The van der Waals surface area contributed by atoms with Crippen LogP contribution in [0.5, 0.6) is 0 Å². The van der Waals surface area contributed by atoms with Crippen LogP contribution in [0.2, 0.25) is 0 Å². The zero-order valence-corrected chi connectivity index (χ0v) is 10.3. The zero-order valence-electron chi connectivity index (χ0n) is 10.3. The average Bonchev–Trinajstić information content (AvgIpc) is 2.45. The number of anilines is 1. The lowest BCUT2D eigenvalue weighted by atomic mass is 10.2. The second kappa shape index (κ2) is 5.77. The maximum absolute atomic E-state index is 13.3. The molecule has 1 aliphatic heterocycles. The molecule has 3 N–H and O–H groups in total. The molecule has 6 nitrogen and oxygen atoms in total. The molecule has 0 spiro atoms. The summed E-state index contributed by atoms with van der Waals surface area (Å²) in [6.07, 6.45) is 0.0331. The highest BCUT2D eigenvalue weighted by Gasteiger charge is 2.22. The molecule has 0 aliphatic carbocycles. The smallest absolute Gasteiger partial charge is 0.285 e. The van der Waals surface area contributed by atoms with Gasteiger partial charge >= 0.3 is 0 Å². The first-order valence-electron chi connectivity index (χ1n) is 5.65. The fourth-order valence-electron chi connectivity index (χ4n) is 1.51. The van der Waals surface area contributed by atoms with Crippen molar-refractivity contribution < 1.29 is 27.2 Å². The molecule has 1 aromatic rings. The van der Waals surface area contributed by atoms with Crippen LogP contribution in [-0.4, -0.2) is 17.5 Å². The van der Waals surface area contributed by atoms with Gasteiger partial charge in [-0.1, -0.05) is 0 Å². The minimum Gasteiger partial charge on any atom is -0.293 e. The lowest BCUT2D eigenvalue weighted by Gasteiger charge is -2.14. The molecule has 0 bridgehead atoms. The van der Waals surface area contributed by atoms with Gasteiger partial charge in [-0.25, -0.2) is 23.0 Å². The number of hydrogen-bond donors (Lipinski definition) is 3. The van der Waals surface area contributed by atoms with Crippen LogP contribution in [0, 0.1) is 23.3 Å². The van der Waals surface area contributed by atoms with Gasteiger partial charge in [-0.3, -0.25) is 20.4 Å². The van der Waals surface area contributed by atoms with Gasteiger partial charge in [0.15, 0.2) is 23.3 Å². The summed E-state index contributed by atoms with van der Waals surface area (Å²) in [6.45, 7) is 0. The van der Waals surface area contributed by atoms with Gasteiger partial charge in [0.2, 0.25) is 5.91 Å². The maximum Gasteiger partial charge on any atom is 0.285 e. The Morgan fingerprint density at radius 2 is 1.76 bits per heavy atom. The van der Waals surface area contributed by atoms with Gasteiger partial charge in [0.1, 0.15) is 11.4 Å². The number of carbonyl (C=O) groups is 2. The molecule has 21 heavy (non-hydrogen) atoms. The van der Waals surface area contributed by atoms with E-state index in [2.05, 4.69) is 5.10 Å². The first-order valence-corrected chi connectivity index (χ1v) is 5.65. The topological polar surface area (TPSA) is 82.6 Å². The van der Waals surface area contributed by atoms with Crippen LogP contribution in [0.15, 0.2) is 11.2 Å². The number of hydrazone groups is 1. The number of rotatable bonds is 3. The third kappa shape index (κ3) is 3.09. The largest absolute Gasteiger partial charge is 0.293 e. The van der Waals surface area contributed by atoms with Crippen molar-refractivity contribution in [3.8, 4) is 0 Å². The molecule has 112 valence electrons. The van der Waals surface area contributed by atoms with Crippen molar-refractivity contribution in [2.24, 2.45) is 5.10 Å². The van der Waals surface area contributed by atoms with E-state index in [1.165, 1.54) is 0 Å². The summed E-state index contributed by atoms with van der Waals surface area (Å²) in [4.78, 5) is 22.4. The van der Waals surface area contributed by atoms with Crippen molar-refractivity contribution in [3.63, 3.8) is 0 Å². The van der Waals surface area contributed by atoms with Crippen LogP contribution in [0.4, 0.5) is 23.2 Å². The van der Waals surface area contributed by atoms with Gasteiger partial charge in [-0.05, 0) is 0 Å².